The molecule has 0 bridgehead atoms. The lowest BCUT2D eigenvalue weighted by Crippen LogP contribution is -2.18. The molecule has 0 aliphatic heterocycles. The van der Waals surface area contributed by atoms with E-state index >= 15 is 0 Å². The van der Waals surface area contributed by atoms with Gasteiger partial charge in [-0.15, -0.1) is 0 Å². The van der Waals surface area contributed by atoms with Gasteiger partial charge in [-0.3, -0.25) is 0 Å². The SMILES string of the molecule is Cc1ccccc1CN(C)c1cc(C)c(N)c(C(=O)O)c1. The van der Waals surface area contributed by atoms with Crippen LogP contribution in [-0.4, -0.2) is 18.1 Å². The van der Waals surface area contributed by atoms with Crippen molar-refractivity contribution >= 4 is 17.3 Å². The van der Waals surface area contributed by atoms with Gasteiger partial charge in [0, 0.05) is 25.0 Å². The topological polar surface area (TPSA) is 66.6 Å². The van der Waals surface area contributed by atoms with Crippen molar-refractivity contribution in [2.45, 2.75) is 20.4 Å². The fourth-order valence-electron chi connectivity index (χ4n) is 2.31. The van der Waals surface area contributed by atoms with Crippen LogP contribution in [-0.2, 0) is 6.54 Å². The summed E-state index contributed by atoms with van der Waals surface area (Å²) in [6.45, 7) is 4.61. The first-order valence-corrected chi connectivity index (χ1v) is 6.79. The monoisotopic (exact) mass is 284 g/mol. The first-order valence-electron chi connectivity index (χ1n) is 6.79. The van der Waals surface area contributed by atoms with Crippen molar-refractivity contribution in [3.05, 3.63) is 58.7 Å². The molecule has 3 N–H and O–H groups in total. The Morgan fingerprint density at radius 1 is 1.19 bits per heavy atom. The maximum absolute atomic E-state index is 11.3. The number of hydrogen-bond donors (Lipinski definition) is 2. The van der Waals surface area contributed by atoms with Crippen LogP contribution in [0, 0.1) is 13.8 Å². The Balaban J connectivity index is 2.34. The summed E-state index contributed by atoms with van der Waals surface area (Å²) in [4.78, 5) is 13.3. The highest BCUT2D eigenvalue weighted by Crippen LogP contribution is 2.26. The highest BCUT2D eigenvalue weighted by atomic mass is 16.4. The largest absolute Gasteiger partial charge is 0.478 e. The van der Waals surface area contributed by atoms with Gasteiger partial charge < -0.3 is 15.7 Å². The van der Waals surface area contributed by atoms with Gasteiger partial charge in [-0.2, -0.15) is 0 Å². The van der Waals surface area contributed by atoms with Crippen molar-refractivity contribution in [2.24, 2.45) is 0 Å². The molecule has 2 aromatic rings. The number of benzene rings is 2. The zero-order chi connectivity index (χ0) is 15.6. The molecule has 0 saturated carbocycles. The summed E-state index contributed by atoms with van der Waals surface area (Å²) in [6.07, 6.45) is 0. The van der Waals surface area contributed by atoms with Crippen LogP contribution in [0.15, 0.2) is 36.4 Å². The molecule has 0 amide bonds. The molecule has 4 nitrogen and oxygen atoms in total. The molecule has 2 rings (SSSR count). The molecule has 2 aromatic carbocycles. The predicted octanol–water partition coefficient (Wildman–Crippen LogP) is 3.22. The molecule has 0 radical (unpaired) electrons. The summed E-state index contributed by atoms with van der Waals surface area (Å²) >= 11 is 0. The first kappa shape index (κ1) is 14.9. The van der Waals surface area contributed by atoms with Crippen LogP contribution < -0.4 is 10.6 Å². The number of carboxylic acids is 1. The van der Waals surface area contributed by atoms with E-state index in [4.69, 9.17) is 5.73 Å². The van der Waals surface area contributed by atoms with Gasteiger partial charge in [0.15, 0.2) is 0 Å². The predicted molar refractivity (Wildman–Crippen MR) is 85.8 cm³/mol. The highest BCUT2D eigenvalue weighted by molar-refractivity contribution is 5.95. The molecular formula is C17H20N2O2. The molecular weight excluding hydrogens is 264 g/mol. The number of aromatic carboxylic acids is 1. The minimum Gasteiger partial charge on any atom is -0.478 e. The zero-order valence-corrected chi connectivity index (χ0v) is 12.6. The fraction of sp³-hybridized carbons (Fsp3) is 0.235. The van der Waals surface area contributed by atoms with E-state index in [-0.39, 0.29) is 5.56 Å². The van der Waals surface area contributed by atoms with Crippen molar-refractivity contribution in [1.29, 1.82) is 0 Å². The van der Waals surface area contributed by atoms with E-state index in [0.717, 1.165) is 17.8 Å². The lowest BCUT2D eigenvalue weighted by molar-refractivity contribution is 0.0698. The normalized spacial score (nSPS) is 10.4. The van der Waals surface area contributed by atoms with E-state index in [9.17, 15) is 9.90 Å². The minimum atomic E-state index is -0.998. The van der Waals surface area contributed by atoms with Crippen LogP contribution in [0.3, 0.4) is 0 Å². The van der Waals surface area contributed by atoms with E-state index in [1.807, 2.05) is 37.1 Å². The maximum atomic E-state index is 11.3. The Labute approximate surface area is 124 Å². The number of hydrogen-bond acceptors (Lipinski definition) is 3. The van der Waals surface area contributed by atoms with Gasteiger partial charge in [-0.05, 0) is 42.7 Å². The standard InChI is InChI=1S/C17H20N2O2/c1-11-6-4-5-7-13(11)10-19(3)14-8-12(2)16(18)15(9-14)17(20)21/h4-9H,10,18H2,1-3H3,(H,20,21). The van der Waals surface area contributed by atoms with E-state index in [1.165, 1.54) is 11.1 Å². The lowest BCUT2D eigenvalue weighted by Gasteiger charge is -2.22. The lowest BCUT2D eigenvalue weighted by atomic mass is 10.1. The Kier molecular flexibility index (Phi) is 4.17. The fourth-order valence-corrected chi connectivity index (χ4v) is 2.31. The summed E-state index contributed by atoms with van der Waals surface area (Å²) in [5, 5.41) is 9.23. The molecule has 0 aromatic heterocycles. The van der Waals surface area contributed by atoms with Crippen LogP contribution in [0.25, 0.3) is 0 Å². The quantitative estimate of drug-likeness (QED) is 0.846. The van der Waals surface area contributed by atoms with Crippen LogP contribution >= 0.6 is 0 Å². The van der Waals surface area contributed by atoms with Gasteiger partial charge in [0.25, 0.3) is 0 Å². The summed E-state index contributed by atoms with van der Waals surface area (Å²) in [5.41, 5.74) is 10.4. The summed E-state index contributed by atoms with van der Waals surface area (Å²) < 4.78 is 0. The molecule has 0 fully saturated rings. The molecule has 0 unspecified atom stereocenters. The van der Waals surface area contributed by atoms with Crippen LogP contribution in [0.1, 0.15) is 27.0 Å². The van der Waals surface area contributed by atoms with Crippen LogP contribution in [0.5, 0.6) is 0 Å². The van der Waals surface area contributed by atoms with Gasteiger partial charge in [-0.25, -0.2) is 4.79 Å². The zero-order valence-electron chi connectivity index (χ0n) is 12.6. The third-order valence-corrected chi connectivity index (χ3v) is 3.71. The number of aryl methyl sites for hydroxylation is 2. The molecule has 0 atom stereocenters. The first-order chi connectivity index (χ1) is 9.90. The number of rotatable bonds is 4. The van der Waals surface area contributed by atoms with Crippen molar-refractivity contribution in [1.82, 2.24) is 0 Å². The van der Waals surface area contributed by atoms with Crippen molar-refractivity contribution in [3.8, 4) is 0 Å². The second-order valence-corrected chi connectivity index (χ2v) is 5.31. The summed E-state index contributed by atoms with van der Waals surface area (Å²) in [6, 6.07) is 11.7. The molecule has 0 aliphatic rings. The third-order valence-electron chi connectivity index (χ3n) is 3.71. The number of carboxylic acid groups (broad SMARTS) is 1. The van der Waals surface area contributed by atoms with E-state index < -0.39 is 5.97 Å². The molecule has 0 spiro atoms. The second kappa shape index (κ2) is 5.87. The molecule has 0 heterocycles. The van der Waals surface area contributed by atoms with Crippen LogP contribution in [0.4, 0.5) is 11.4 Å². The molecule has 0 aliphatic carbocycles. The van der Waals surface area contributed by atoms with Gasteiger partial charge in [0.1, 0.15) is 0 Å². The average Bonchev–Trinajstić information content (AvgIpc) is 2.43. The van der Waals surface area contributed by atoms with Crippen molar-refractivity contribution in [2.75, 3.05) is 17.7 Å². The second-order valence-electron chi connectivity index (χ2n) is 5.31. The van der Waals surface area contributed by atoms with Gasteiger partial charge in [-0.1, -0.05) is 24.3 Å². The molecule has 110 valence electrons. The Bertz CT molecular complexity index is 680. The molecule has 0 saturated heterocycles. The Hall–Kier alpha value is -2.49. The van der Waals surface area contributed by atoms with Gasteiger partial charge in [0.05, 0.1) is 5.56 Å². The summed E-state index contributed by atoms with van der Waals surface area (Å²) in [7, 11) is 1.95. The van der Waals surface area contributed by atoms with Crippen molar-refractivity contribution in [3.63, 3.8) is 0 Å². The number of nitrogen functional groups attached to an aromatic ring is 1. The van der Waals surface area contributed by atoms with Gasteiger partial charge in [0.2, 0.25) is 0 Å². The van der Waals surface area contributed by atoms with E-state index in [1.54, 1.807) is 6.07 Å². The summed E-state index contributed by atoms with van der Waals surface area (Å²) in [5.74, 6) is -0.998. The third kappa shape index (κ3) is 3.16. The maximum Gasteiger partial charge on any atom is 0.337 e. The number of nitrogens with zero attached hydrogens (tertiary/aromatic N) is 1. The molecule has 4 heteroatoms. The number of anilines is 2. The minimum absolute atomic E-state index is 0.154. The van der Waals surface area contributed by atoms with E-state index in [0.29, 0.717) is 5.69 Å². The van der Waals surface area contributed by atoms with Crippen LogP contribution in [0.2, 0.25) is 0 Å². The Morgan fingerprint density at radius 3 is 2.48 bits per heavy atom. The van der Waals surface area contributed by atoms with Crippen molar-refractivity contribution < 1.29 is 9.90 Å². The Morgan fingerprint density at radius 2 is 1.86 bits per heavy atom. The highest BCUT2D eigenvalue weighted by Gasteiger charge is 2.14. The van der Waals surface area contributed by atoms with Gasteiger partial charge >= 0.3 is 5.97 Å². The average molecular weight is 284 g/mol. The number of carbonyl (C=O) groups is 1. The number of nitrogens with two attached hydrogens (primary N) is 1. The van der Waals surface area contributed by atoms with E-state index in [2.05, 4.69) is 19.1 Å². The molecule has 21 heavy (non-hydrogen) atoms. The smallest absolute Gasteiger partial charge is 0.337 e.